The number of rotatable bonds is 4. The average molecular weight is 379 g/mol. The minimum absolute atomic E-state index is 0.116. The van der Waals surface area contributed by atoms with Gasteiger partial charge in [0.15, 0.2) is 5.58 Å². The van der Waals surface area contributed by atoms with Crippen LogP contribution in [0.4, 0.5) is 0 Å². The number of esters is 1. The van der Waals surface area contributed by atoms with Crippen molar-refractivity contribution in [1.82, 2.24) is 14.9 Å². The van der Waals surface area contributed by atoms with Gasteiger partial charge in [-0.15, -0.1) is 0 Å². The number of piperidine rings is 1. The van der Waals surface area contributed by atoms with Crippen LogP contribution in [0.1, 0.15) is 30.1 Å². The molecule has 1 saturated heterocycles. The summed E-state index contributed by atoms with van der Waals surface area (Å²) in [6.45, 7) is 3.15. The van der Waals surface area contributed by atoms with E-state index in [2.05, 4.69) is 9.97 Å². The zero-order chi connectivity index (χ0) is 19.5. The zero-order valence-corrected chi connectivity index (χ0v) is 15.6. The summed E-state index contributed by atoms with van der Waals surface area (Å²) in [5, 5.41) is 0. The molecule has 0 spiro atoms. The monoisotopic (exact) mass is 379 g/mol. The van der Waals surface area contributed by atoms with E-state index in [1.54, 1.807) is 42.4 Å². The molecular formula is C21H21N3O4. The van der Waals surface area contributed by atoms with Crippen molar-refractivity contribution < 1.29 is 18.7 Å². The van der Waals surface area contributed by atoms with E-state index in [0.29, 0.717) is 42.3 Å². The summed E-state index contributed by atoms with van der Waals surface area (Å²) >= 11 is 0. The van der Waals surface area contributed by atoms with Crippen molar-refractivity contribution >= 4 is 23.0 Å². The molecule has 4 rings (SSSR count). The molecule has 1 aromatic carbocycles. The molecule has 1 unspecified atom stereocenters. The fourth-order valence-electron chi connectivity index (χ4n) is 3.47. The third-order valence-electron chi connectivity index (χ3n) is 4.87. The van der Waals surface area contributed by atoms with Gasteiger partial charge in [-0.2, -0.15) is 0 Å². The highest BCUT2D eigenvalue weighted by Crippen LogP contribution is 2.26. The maximum Gasteiger partial charge on any atom is 0.310 e. The molecular weight excluding hydrogens is 358 g/mol. The number of benzene rings is 1. The first-order chi connectivity index (χ1) is 13.7. The SMILES string of the molecule is CCOC(=O)C1CCCN(C(=O)c2ccc3nc(-c4cccnc4)oc3c2)C1. The fourth-order valence-corrected chi connectivity index (χ4v) is 3.47. The van der Waals surface area contributed by atoms with Gasteiger partial charge in [0.05, 0.1) is 18.1 Å². The van der Waals surface area contributed by atoms with E-state index in [9.17, 15) is 9.59 Å². The highest BCUT2D eigenvalue weighted by atomic mass is 16.5. The van der Waals surface area contributed by atoms with Crippen molar-refractivity contribution in [1.29, 1.82) is 0 Å². The minimum atomic E-state index is -0.260. The number of nitrogens with zero attached hydrogens (tertiary/aromatic N) is 3. The van der Waals surface area contributed by atoms with Gasteiger partial charge in [0, 0.05) is 31.0 Å². The molecule has 1 fully saturated rings. The van der Waals surface area contributed by atoms with E-state index in [4.69, 9.17) is 9.15 Å². The van der Waals surface area contributed by atoms with Gasteiger partial charge in [0.2, 0.25) is 5.89 Å². The van der Waals surface area contributed by atoms with Gasteiger partial charge in [-0.3, -0.25) is 14.6 Å². The second-order valence-electron chi connectivity index (χ2n) is 6.79. The van der Waals surface area contributed by atoms with E-state index < -0.39 is 0 Å². The predicted molar refractivity (Wildman–Crippen MR) is 103 cm³/mol. The number of oxazole rings is 1. The molecule has 0 N–H and O–H groups in total. The third-order valence-corrected chi connectivity index (χ3v) is 4.87. The van der Waals surface area contributed by atoms with E-state index in [-0.39, 0.29) is 17.8 Å². The van der Waals surface area contributed by atoms with E-state index in [0.717, 1.165) is 18.4 Å². The molecule has 1 amide bonds. The Bertz CT molecular complexity index is 999. The summed E-state index contributed by atoms with van der Waals surface area (Å²) in [7, 11) is 0. The van der Waals surface area contributed by atoms with Gasteiger partial charge in [-0.25, -0.2) is 4.98 Å². The van der Waals surface area contributed by atoms with Crippen molar-refractivity contribution in [3.8, 4) is 11.5 Å². The Hall–Kier alpha value is -3.22. The number of pyridine rings is 1. The maximum absolute atomic E-state index is 12.9. The average Bonchev–Trinajstić information content (AvgIpc) is 3.17. The summed E-state index contributed by atoms with van der Waals surface area (Å²) in [4.78, 5) is 35.2. The van der Waals surface area contributed by atoms with Gasteiger partial charge < -0.3 is 14.1 Å². The molecule has 0 aliphatic carbocycles. The van der Waals surface area contributed by atoms with Crippen LogP contribution in [0.25, 0.3) is 22.6 Å². The Morgan fingerprint density at radius 3 is 3.00 bits per heavy atom. The van der Waals surface area contributed by atoms with Crippen molar-refractivity contribution in [3.05, 3.63) is 48.3 Å². The second kappa shape index (κ2) is 7.80. The molecule has 3 aromatic rings. The smallest absolute Gasteiger partial charge is 0.310 e. The number of carbonyl (C=O) groups is 2. The van der Waals surface area contributed by atoms with Crippen molar-refractivity contribution in [3.63, 3.8) is 0 Å². The Kier molecular flexibility index (Phi) is 5.06. The number of aromatic nitrogens is 2. The van der Waals surface area contributed by atoms with Gasteiger partial charge >= 0.3 is 5.97 Å². The summed E-state index contributed by atoms with van der Waals surface area (Å²) in [6.07, 6.45) is 4.90. The molecule has 2 aromatic heterocycles. The topological polar surface area (TPSA) is 85.5 Å². The van der Waals surface area contributed by atoms with Crippen LogP contribution in [0.15, 0.2) is 47.1 Å². The van der Waals surface area contributed by atoms with Crippen LogP contribution in [-0.4, -0.2) is 46.4 Å². The summed E-state index contributed by atoms with van der Waals surface area (Å²) < 4.78 is 10.9. The molecule has 7 heteroatoms. The Labute approximate surface area is 162 Å². The van der Waals surface area contributed by atoms with E-state index in [1.807, 2.05) is 12.1 Å². The number of hydrogen-bond donors (Lipinski definition) is 0. The number of fused-ring (bicyclic) bond motifs is 1. The minimum Gasteiger partial charge on any atom is -0.466 e. The summed E-state index contributed by atoms with van der Waals surface area (Å²) in [5.74, 6) is -0.140. The summed E-state index contributed by atoms with van der Waals surface area (Å²) in [5.41, 5.74) is 2.52. The lowest BCUT2D eigenvalue weighted by Crippen LogP contribution is -2.42. The lowest BCUT2D eigenvalue weighted by Gasteiger charge is -2.31. The van der Waals surface area contributed by atoms with Crippen LogP contribution in [0.2, 0.25) is 0 Å². The first kappa shape index (κ1) is 18.2. The van der Waals surface area contributed by atoms with Crippen molar-refractivity contribution in [2.24, 2.45) is 5.92 Å². The third kappa shape index (κ3) is 3.60. The lowest BCUT2D eigenvalue weighted by atomic mass is 9.97. The number of hydrogen-bond acceptors (Lipinski definition) is 6. The quantitative estimate of drug-likeness (QED) is 0.647. The number of likely N-dealkylation sites (tertiary alicyclic amines) is 1. The normalized spacial score (nSPS) is 16.9. The molecule has 0 bridgehead atoms. The fraction of sp³-hybridized carbons (Fsp3) is 0.333. The van der Waals surface area contributed by atoms with Gasteiger partial charge in [-0.05, 0) is 50.1 Å². The van der Waals surface area contributed by atoms with Gasteiger partial charge in [-0.1, -0.05) is 0 Å². The lowest BCUT2D eigenvalue weighted by molar-refractivity contribution is -0.149. The van der Waals surface area contributed by atoms with Crippen LogP contribution in [-0.2, 0) is 9.53 Å². The van der Waals surface area contributed by atoms with Crippen LogP contribution < -0.4 is 0 Å². The number of ether oxygens (including phenoxy) is 1. The summed E-state index contributed by atoms with van der Waals surface area (Å²) in [6, 6.07) is 8.91. The van der Waals surface area contributed by atoms with E-state index >= 15 is 0 Å². The van der Waals surface area contributed by atoms with Crippen molar-refractivity contribution in [2.75, 3.05) is 19.7 Å². The Balaban J connectivity index is 1.55. The molecule has 1 aliphatic heterocycles. The predicted octanol–water partition coefficient (Wildman–Crippen LogP) is 3.31. The van der Waals surface area contributed by atoms with Gasteiger partial charge in [0.1, 0.15) is 5.52 Å². The molecule has 7 nitrogen and oxygen atoms in total. The molecule has 0 radical (unpaired) electrons. The number of amides is 1. The Morgan fingerprint density at radius 1 is 1.32 bits per heavy atom. The highest BCUT2D eigenvalue weighted by molar-refractivity contribution is 5.97. The maximum atomic E-state index is 12.9. The molecule has 144 valence electrons. The van der Waals surface area contributed by atoms with Crippen LogP contribution in [0.3, 0.4) is 0 Å². The standard InChI is InChI=1S/C21H21N3O4/c1-2-27-21(26)16-6-4-10-24(13-16)20(25)14-7-8-17-18(11-14)28-19(23-17)15-5-3-9-22-12-15/h3,5,7-9,11-12,16H,2,4,6,10,13H2,1H3. The van der Waals surface area contributed by atoms with E-state index in [1.165, 1.54) is 0 Å². The molecule has 3 heterocycles. The largest absolute Gasteiger partial charge is 0.466 e. The van der Waals surface area contributed by atoms with Gasteiger partial charge in [0.25, 0.3) is 5.91 Å². The highest BCUT2D eigenvalue weighted by Gasteiger charge is 2.30. The Morgan fingerprint density at radius 2 is 2.21 bits per heavy atom. The van der Waals surface area contributed by atoms with Crippen LogP contribution in [0, 0.1) is 5.92 Å². The first-order valence-corrected chi connectivity index (χ1v) is 9.42. The zero-order valence-electron chi connectivity index (χ0n) is 15.6. The molecule has 0 saturated carbocycles. The molecule has 1 atom stereocenters. The van der Waals surface area contributed by atoms with Crippen LogP contribution in [0.5, 0.6) is 0 Å². The van der Waals surface area contributed by atoms with Crippen molar-refractivity contribution in [2.45, 2.75) is 19.8 Å². The second-order valence-corrected chi connectivity index (χ2v) is 6.79. The number of carbonyl (C=O) groups excluding carboxylic acids is 2. The molecule has 28 heavy (non-hydrogen) atoms. The first-order valence-electron chi connectivity index (χ1n) is 9.42. The molecule has 1 aliphatic rings. The van der Waals surface area contributed by atoms with Crippen LogP contribution >= 0.6 is 0 Å².